The fourth-order valence-electron chi connectivity index (χ4n) is 2.09. The Morgan fingerprint density at radius 3 is 1.35 bits per heavy atom. The van der Waals surface area contributed by atoms with Crippen LogP contribution in [0.3, 0.4) is 0 Å². The van der Waals surface area contributed by atoms with Gasteiger partial charge in [0.05, 0.1) is 14.2 Å². The third-order valence-electron chi connectivity index (χ3n) is 3.12. The van der Waals surface area contributed by atoms with Crippen molar-refractivity contribution < 1.29 is 26.3 Å². The van der Waals surface area contributed by atoms with E-state index in [0.717, 1.165) is 21.6 Å². The van der Waals surface area contributed by atoms with E-state index in [0.29, 0.717) is 9.79 Å². The molecule has 0 bridgehead atoms. The molecule has 2 aromatic carbocycles. The van der Waals surface area contributed by atoms with E-state index in [9.17, 15) is 16.8 Å². The van der Waals surface area contributed by atoms with Crippen LogP contribution in [0.5, 0.6) is 11.5 Å². The molecule has 12 heteroatoms. The molecule has 142 valence electrons. The molecule has 0 radical (unpaired) electrons. The van der Waals surface area contributed by atoms with Crippen molar-refractivity contribution in [3.05, 3.63) is 36.4 Å². The average Bonchev–Trinajstić information content (AvgIpc) is 2.57. The van der Waals surface area contributed by atoms with Crippen LogP contribution in [0.1, 0.15) is 0 Å². The van der Waals surface area contributed by atoms with E-state index in [-0.39, 0.29) is 21.3 Å². The van der Waals surface area contributed by atoms with E-state index >= 15 is 0 Å². The third-order valence-corrected chi connectivity index (χ3v) is 7.80. The van der Waals surface area contributed by atoms with Gasteiger partial charge in [0, 0.05) is 9.79 Å². The first-order valence-corrected chi connectivity index (χ1v) is 12.1. The highest BCUT2D eigenvalue weighted by molar-refractivity contribution is 8.76. The quantitative estimate of drug-likeness (QED) is 0.626. The molecule has 2 rings (SSSR count). The Bertz CT molecular complexity index is 938. The van der Waals surface area contributed by atoms with Crippen molar-refractivity contribution in [2.24, 2.45) is 10.3 Å². The van der Waals surface area contributed by atoms with Crippen LogP contribution < -0.4 is 19.8 Å². The summed E-state index contributed by atoms with van der Waals surface area (Å²) in [6, 6.07) is 9.21. The summed E-state index contributed by atoms with van der Waals surface area (Å²) < 4.78 is 57.8. The molecule has 0 saturated heterocycles. The van der Waals surface area contributed by atoms with Crippen molar-refractivity contribution in [3.63, 3.8) is 0 Å². The Morgan fingerprint density at radius 2 is 1.08 bits per heavy atom. The van der Waals surface area contributed by atoms with Gasteiger partial charge in [-0.2, -0.15) is 0 Å². The molecular weight excluding hydrogens is 420 g/mol. The molecule has 0 amide bonds. The standard InChI is InChI=1S/C14H16N2O6S4/c1-21-9-5-3-7-11(13(9)25(15,17)18)23-24-12-8-4-6-10(22-2)14(12)26(16,19)20/h3-8H,1-2H3,(H2,15,17,18)(H2,16,19,20). The van der Waals surface area contributed by atoms with Crippen LogP contribution in [0.15, 0.2) is 56.0 Å². The number of primary sulfonamides is 2. The summed E-state index contributed by atoms with van der Waals surface area (Å²) in [5.74, 6) is 0.186. The highest BCUT2D eigenvalue weighted by atomic mass is 33.1. The van der Waals surface area contributed by atoms with E-state index in [4.69, 9.17) is 19.8 Å². The lowest BCUT2D eigenvalue weighted by Gasteiger charge is -2.13. The van der Waals surface area contributed by atoms with Crippen molar-refractivity contribution >= 4 is 41.6 Å². The second-order valence-electron chi connectivity index (χ2n) is 4.83. The first-order valence-electron chi connectivity index (χ1n) is 6.83. The lowest BCUT2D eigenvalue weighted by Crippen LogP contribution is -2.15. The monoisotopic (exact) mass is 436 g/mol. The largest absolute Gasteiger partial charge is 0.495 e. The zero-order valence-electron chi connectivity index (χ0n) is 13.7. The smallest absolute Gasteiger partial charge is 0.242 e. The molecule has 0 saturated carbocycles. The van der Waals surface area contributed by atoms with Crippen LogP contribution in [-0.4, -0.2) is 31.1 Å². The van der Waals surface area contributed by atoms with Crippen LogP contribution >= 0.6 is 21.6 Å². The van der Waals surface area contributed by atoms with Gasteiger partial charge in [-0.05, 0) is 24.3 Å². The molecule has 0 heterocycles. The predicted molar refractivity (Wildman–Crippen MR) is 100 cm³/mol. The molecule has 0 fully saturated rings. The number of rotatable bonds is 7. The van der Waals surface area contributed by atoms with E-state index in [1.54, 1.807) is 12.1 Å². The first kappa shape index (κ1) is 20.9. The number of methoxy groups -OCH3 is 2. The van der Waals surface area contributed by atoms with Gasteiger partial charge in [0.25, 0.3) is 0 Å². The topological polar surface area (TPSA) is 139 Å². The van der Waals surface area contributed by atoms with Crippen molar-refractivity contribution in [1.29, 1.82) is 0 Å². The Labute approximate surface area is 159 Å². The number of hydrogen-bond donors (Lipinski definition) is 2. The molecule has 0 unspecified atom stereocenters. The van der Waals surface area contributed by atoms with Crippen molar-refractivity contribution in [2.75, 3.05) is 14.2 Å². The van der Waals surface area contributed by atoms with Gasteiger partial charge in [-0.25, -0.2) is 27.1 Å². The van der Waals surface area contributed by atoms with Gasteiger partial charge < -0.3 is 9.47 Å². The zero-order chi connectivity index (χ0) is 19.5. The molecule has 26 heavy (non-hydrogen) atoms. The molecule has 0 aliphatic carbocycles. The number of nitrogens with two attached hydrogens (primary N) is 2. The van der Waals surface area contributed by atoms with Crippen LogP contribution in [0.4, 0.5) is 0 Å². The molecule has 0 aliphatic rings. The van der Waals surface area contributed by atoms with Gasteiger partial charge in [-0.15, -0.1) is 0 Å². The second kappa shape index (κ2) is 8.06. The summed E-state index contributed by atoms with van der Waals surface area (Å²) >= 11 is 0. The maximum absolute atomic E-state index is 11.9. The third kappa shape index (κ3) is 4.64. The fraction of sp³-hybridized carbons (Fsp3) is 0.143. The van der Waals surface area contributed by atoms with Gasteiger partial charge in [0.15, 0.2) is 0 Å². The SMILES string of the molecule is COc1cccc(SSc2cccc(OC)c2S(N)(=O)=O)c1S(N)(=O)=O. The van der Waals surface area contributed by atoms with Gasteiger partial charge in [-0.1, -0.05) is 33.7 Å². The molecule has 4 N–H and O–H groups in total. The minimum Gasteiger partial charge on any atom is -0.495 e. The zero-order valence-corrected chi connectivity index (χ0v) is 17.0. The van der Waals surface area contributed by atoms with Gasteiger partial charge in [0.1, 0.15) is 21.3 Å². The van der Waals surface area contributed by atoms with Gasteiger partial charge in [0.2, 0.25) is 20.0 Å². The highest BCUT2D eigenvalue weighted by Crippen LogP contribution is 2.45. The van der Waals surface area contributed by atoms with Crippen LogP contribution in [0, 0.1) is 0 Å². The molecule has 0 aromatic heterocycles. The summed E-state index contributed by atoms with van der Waals surface area (Å²) in [5, 5.41) is 10.6. The van der Waals surface area contributed by atoms with E-state index in [1.165, 1.54) is 38.5 Å². The molecular formula is C14H16N2O6S4. The molecule has 0 atom stereocenters. The molecule has 0 spiro atoms. The van der Waals surface area contributed by atoms with Crippen LogP contribution in [-0.2, 0) is 20.0 Å². The first-order chi connectivity index (χ1) is 12.1. The van der Waals surface area contributed by atoms with Crippen molar-refractivity contribution in [1.82, 2.24) is 0 Å². The lowest BCUT2D eigenvalue weighted by atomic mass is 10.3. The normalized spacial score (nSPS) is 12.0. The summed E-state index contributed by atoms with van der Waals surface area (Å²) in [6.45, 7) is 0. The predicted octanol–water partition coefficient (Wildman–Crippen LogP) is 1.80. The molecule has 0 aliphatic heterocycles. The Hall–Kier alpha value is -1.44. The van der Waals surface area contributed by atoms with Gasteiger partial charge in [-0.3, -0.25) is 0 Å². The Balaban J connectivity index is 2.49. The Kier molecular flexibility index (Phi) is 6.47. The van der Waals surface area contributed by atoms with Crippen LogP contribution in [0.2, 0.25) is 0 Å². The molecule has 8 nitrogen and oxygen atoms in total. The fourth-order valence-corrected chi connectivity index (χ4v) is 7.09. The van der Waals surface area contributed by atoms with E-state index in [1.807, 2.05) is 0 Å². The minimum absolute atomic E-state index is 0.0930. The summed E-state index contributed by atoms with van der Waals surface area (Å²) in [5.41, 5.74) is 0. The maximum Gasteiger partial charge on any atom is 0.242 e. The summed E-state index contributed by atoms with van der Waals surface area (Å²) in [4.78, 5) is 0.222. The van der Waals surface area contributed by atoms with Crippen molar-refractivity contribution in [3.8, 4) is 11.5 Å². The number of hydrogen-bond acceptors (Lipinski definition) is 8. The minimum atomic E-state index is -4.06. The van der Waals surface area contributed by atoms with Crippen molar-refractivity contribution in [2.45, 2.75) is 19.6 Å². The lowest BCUT2D eigenvalue weighted by molar-refractivity contribution is 0.400. The number of sulfonamides is 2. The highest BCUT2D eigenvalue weighted by Gasteiger charge is 2.23. The second-order valence-corrected chi connectivity index (χ2v) is 10.0. The van der Waals surface area contributed by atoms with E-state index < -0.39 is 20.0 Å². The van der Waals surface area contributed by atoms with E-state index in [2.05, 4.69) is 0 Å². The van der Waals surface area contributed by atoms with Gasteiger partial charge >= 0.3 is 0 Å². The summed E-state index contributed by atoms with van der Waals surface area (Å²) in [7, 11) is -3.45. The molecule has 2 aromatic rings. The summed E-state index contributed by atoms with van der Waals surface area (Å²) in [6.07, 6.45) is 0. The Morgan fingerprint density at radius 1 is 0.731 bits per heavy atom. The number of benzene rings is 2. The average molecular weight is 437 g/mol. The maximum atomic E-state index is 11.9. The van der Waals surface area contributed by atoms with Crippen LogP contribution in [0.25, 0.3) is 0 Å². The number of ether oxygens (including phenoxy) is 2.